The Balaban J connectivity index is 1.39. The van der Waals surface area contributed by atoms with Crippen LogP contribution in [0.25, 0.3) is 68.6 Å². The number of aromatic amines is 2. The van der Waals surface area contributed by atoms with Crippen LogP contribution in [-0.2, 0) is 19.1 Å². The summed E-state index contributed by atoms with van der Waals surface area (Å²) in [4.78, 5) is 38.8. The van der Waals surface area contributed by atoms with Crippen LogP contribution in [0.2, 0.25) is 10.0 Å². The van der Waals surface area contributed by atoms with Gasteiger partial charge in [-0.2, -0.15) is 0 Å². The largest absolute Gasteiger partial charge is 0.480 e. The Bertz CT molecular complexity index is 2330. The second kappa shape index (κ2) is 15.6. The molecule has 54 heavy (non-hydrogen) atoms. The number of aliphatic carboxylic acids is 2. The summed E-state index contributed by atoms with van der Waals surface area (Å²) >= 11 is 14.1. The summed E-state index contributed by atoms with van der Waals surface area (Å²) in [5.74, 6) is -1.25. The third-order valence-electron chi connectivity index (χ3n) is 8.36. The van der Waals surface area contributed by atoms with Crippen LogP contribution >= 0.6 is 23.2 Å². The highest BCUT2D eigenvalue weighted by Gasteiger charge is 2.18. The van der Waals surface area contributed by atoms with E-state index in [0.29, 0.717) is 66.4 Å². The fourth-order valence-corrected chi connectivity index (χ4v) is 6.45. The predicted octanol–water partition coefficient (Wildman–Crippen LogP) is 8.95. The second-order valence-electron chi connectivity index (χ2n) is 12.2. The van der Waals surface area contributed by atoms with E-state index in [9.17, 15) is 9.59 Å². The Kier molecular flexibility index (Phi) is 10.5. The number of hydrogen-bond donors (Lipinski definition) is 4. The van der Waals surface area contributed by atoms with Crippen molar-refractivity contribution in [2.24, 2.45) is 0 Å². The topological polar surface area (TPSA) is 169 Å². The summed E-state index contributed by atoms with van der Waals surface area (Å²) in [7, 11) is 0. The molecule has 0 radical (unpaired) electrons. The Labute approximate surface area is 318 Å². The molecule has 5 aromatic rings. The van der Waals surface area contributed by atoms with Gasteiger partial charge in [-0.15, -0.1) is 0 Å². The summed E-state index contributed by atoms with van der Waals surface area (Å²) in [5, 5.41) is 18.8. The average Bonchev–Trinajstić information content (AvgIpc) is 3.98. The SMILES string of the molecule is CC(OCC(=O)O)Oc1cccc(-c2c3nc(c(Cl)c4ccc([nH]4)c(-c4cccc(OC(C)OCC(=O)O)c4)c4nc(c(Cl)c5ccc2[nH]5)C=C4)C=C3)c1. The minimum absolute atomic E-state index is 0.390. The van der Waals surface area contributed by atoms with Crippen molar-refractivity contribution >= 4 is 81.5 Å². The number of carboxylic acids is 2. The van der Waals surface area contributed by atoms with Crippen LogP contribution in [-0.4, -0.2) is 67.9 Å². The van der Waals surface area contributed by atoms with E-state index >= 15 is 0 Å². The third-order valence-corrected chi connectivity index (χ3v) is 9.15. The van der Waals surface area contributed by atoms with Gasteiger partial charge in [-0.1, -0.05) is 47.5 Å². The van der Waals surface area contributed by atoms with Crippen molar-refractivity contribution in [1.29, 1.82) is 0 Å². The first-order valence-electron chi connectivity index (χ1n) is 16.7. The van der Waals surface area contributed by atoms with Crippen LogP contribution in [0.4, 0.5) is 0 Å². The van der Waals surface area contributed by atoms with Crippen LogP contribution in [0, 0.1) is 0 Å². The van der Waals surface area contributed by atoms with Gasteiger partial charge in [-0.25, -0.2) is 19.6 Å². The van der Waals surface area contributed by atoms with Gasteiger partial charge >= 0.3 is 11.9 Å². The van der Waals surface area contributed by atoms with Crippen molar-refractivity contribution in [2.45, 2.75) is 26.4 Å². The van der Waals surface area contributed by atoms with Gasteiger partial charge in [0.05, 0.1) is 43.9 Å². The summed E-state index contributed by atoms with van der Waals surface area (Å²) < 4.78 is 22.3. The number of H-pyrrole nitrogens is 2. The number of benzene rings is 2. The van der Waals surface area contributed by atoms with Crippen molar-refractivity contribution < 1.29 is 38.7 Å². The number of halogens is 2. The molecule has 274 valence electrons. The van der Waals surface area contributed by atoms with Gasteiger partial charge in [0.15, 0.2) is 12.6 Å². The number of carbonyl (C=O) groups is 2. The molecule has 3 aromatic heterocycles. The molecular formula is C40H32Cl2N4O8. The molecule has 0 aliphatic carbocycles. The lowest BCUT2D eigenvalue weighted by Gasteiger charge is -2.15. The average molecular weight is 768 g/mol. The maximum Gasteiger partial charge on any atom is 0.329 e. The molecule has 14 heteroatoms. The summed E-state index contributed by atoms with van der Waals surface area (Å²) in [6, 6.07) is 22.2. The van der Waals surface area contributed by atoms with Crippen molar-refractivity contribution in [3.8, 4) is 33.8 Å². The Morgan fingerprint density at radius 3 is 1.41 bits per heavy atom. The molecule has 0 spiro atoms. The highest BCUT2D eigenvalue weighted by atomic mass is 35.5. The number of hydrogen-bond acceptors (Lipinski definition) is 8. The molecule has 8 bridgehead atoms. The fraction of sp³-hybridized carbons (Fsp3) is 0.150. The summed E-state index contributed by atoms with van der Waals surface area (Å²) in [6.07, 6.45) is 5.81. The van der Waals surface area contributed by atoms with Crippen molar-refractivity contribution in [2.75, 3.05) is 13.2 Å². The van der Waals surface area contributed by atoms with Crippen molar-refractivity contribution in [3.63, 3.8) is 0 Å². The molecule has 0 amide bonds. The van der Waals surface area contributed by atoms with E-state index in [-0.39, 0.29) is 0 Å². The zero-order chi connectivity index (χ0) is 37.9. The number of fused-ring (bicyclic) bond motifs is 8. The molecule has 12 nitrogen and oxygen atoms in total. The lowest BCUT2D eigenvalue weighted by molar-refractivity contribution is -0.151. The molecule has 7 rings (SSSR count). The number of nitrogens with zero attached hydrogens (tertiary/aromatic N) is 2. The number of ether oxygens (including phenoxy) is 4. The van der Waals surface area contributed by atoms with Gasteiger partial charge in [0.2, 0.25) is 0 Å². The lowest BCUT2D eigenvalue weighted by atomic mass is 10.0. The van der Waals surface area contributed by atoms with E-state index in [4.69, 9.17) is 62.3 Å². The van der Waals surface area contributed by atoms with Gasteiger partial charge in [0.25, 0.3) is 0 Å². The van der Waals surface area contributed by atoms with E-state index < -0.39 is 37.7 Å². The molecule has 2 atom stereocenters. The number of rotatable bonds is 12. The van der Waals surface area contributed by atoms with Gasteiger partial charge in [-0.05, 0) is 97.8 Å². The third kappa shape index (κ3) is 8.02. The van der Waals surface area contributed by atoms with Crippen LogP contribution in [0.1, 0.15) is 36.6 Å². The molecule has 2 unspecified atom stereocenters. The Morgan fingerprint density at radius 2 is 1.00 bits per heavy atom. The molecule has 4 N–H and O–H groups in total. The van der Waals surface area contributed by atoms with Gasteiger partial charge in [0, 0.05) is 22.2 Å². The zero-order valence-electron chi connectivity index (χ0n) is 28.8. The van der Waals surface area contributed by atoms with Crippen molar-refractivity contribution in [3.05, 3.63) is 106 Å². The molecule has 2 aliphatic heterocycles. The van der Waals surface area contributed by atoms with E-state index in [0.717, 1.165) is 22.3 Å². The first-order chi connectivity index (χ1) is 26.0. The van der Waals surface area contributed by atoms with Crippen LogP contribution in [0.15, 0.2) is 72.8 Å². The minimum Gasteiger partial charge on any atom is -0.480 e. The van der Waals surface area contributed by atoms with E-state index in [1.165, 1.54) is 0 Å². The fourth-order valence-electron chi connectivity index (χ4n) is 6.02. The predicted molar refractivity (Wildman–Crippen MR) is 207 cm³/mol. The number of aromatic nitrogens is 4. The molecule has 2 aliphatic rings. The molecule has 0 saturated carbocycles. The highest BCUT2D eigenvalue weighted by molar-refractivity contribution is 6.36. The summed E-state index contributed by atoms with van der Waals surface area (Å²) in [5.41, 5.74) is 7.97. The standard InChI is InChI=1S/C40H32Cl2N4O8/c1-21(51-19-35(47)48)53-25-7-3-5-23(17-25)37-27-9-13-31(43-27)39(41)33-15-11-29(45-33)38(24-6-4-8-26(18-24)54-22(2)52-20-36(49)50)30-12-16-34(46-30)40(42)32-14-10-28(37)44-32/h3-18,21-22,43,46H,19-20H2,1-2H3,(H,47,48)(H,49,50). The smallest absolute Gasteiger partial charge is 0.329 e. The summed E-state index contributed by atoms with van der Waals surface area (Å²) in [6.45, 7) is 2.26. The van der Waals surface area contributed by atoms with Gasteiger partial charge in [-0.3, -0.25) is 0 Å². The molecule has 0 fully saturated rings. The quantitative estimate of drug-likeness (QED) is 0.0881. The molecular weight excluding hydrogens is 735 g/mol. The van der Waals surface area contributed by atoms with E-state index in [2.05, 4.69) is 9.97 Å². The normalized spacial score (nSPS) is 13.1. The Morgan fingerprint density at radius 1 is 0.611 bits per heavy atom. The zero-order valence-corrected chi connectivity index (χ0v) is 30.3. The van der Waals surface area contributed by atoms with E-state index in [1.807, 2.05) is 85.0 Å². The lowest BCUT2D eigenvalue weighted by Crippen LogP contribution is -2.20. The van der Waals surface area contributed by atoms with Crippen LogP contribution < -0.4 is 9.47 Å². The first-order valence-corrected chi connectivity index (χ1v) is 17.5. The minimum atomic E-state index is -1.09. The molecule has 0 saturated heterocycles. The maximum atomic E-state index is 11.0. The van der Waals surface area contributed by atoms with Gasteiger partial charge in [0.1, 0.15) is 24.7 Å². The van der Waals surface area contributed by atoms with Gasteiger partial charge < -0.3 is 39.1 Å². The van der Waals surface area contributed by atoms with Crippen LogP contribution in [0.5, 0.6) is 11.5 Å². The van der Waals surface area contributed by atoms with E-state index in [1.54, 1.807) is 26.0 Å². The first kappa shape index (κ1) is 36.4. The number of nitrogens with one attached hydrogen (secondary N) is 2. The molecule has 5 heterocycles. The monoisotopic (exact) mass is 766 g/mol. The number of carboxylic acid groups (broad SMARTS) is 2. The maximum absolute atomic E-state index is 11.0. The van der Waals surface area contributed by atoms with Crippen LogP contribution in [0.3, 0.4) is 0 Å². The second-order valence-corrected chi connectivity index (χ2v) is 13.0. The highest BCUT2D eigenvalue weighted by Crippen LogP contribution is 2.37. The molecule has 2 aromatic carbocycles. The van der Waals surface area contributed by atoms with Crippen molar-refractivity contribution in [1.82, 2.24) is 19.9 Å². The Hall–Kier alpha value is -5.92.